The molecule has 3 N–H and O–H groups in total. The van der Waals surface area contributed by atoms with Crippen molar-refractivity contribution < 1.29 is 20.1 Å². The molecule has 0 saturated heterocycles. The van der Waals surface area contributed by atoms with E-state index in [1.807, 2.05) is 0 Å². The number of carboxylic acid groups (broad SMARTS) is 1. The lowest BCUT2D eigenvalue weighted by atomic mass is 9.97. The minimum Gasteiger partial charge on any atom is -0.508 e. The number of phenolic OH excluding ortho intramolecular Hbond substituents is 2. The van der Waals surface area contributed by atoms with E-state index in [4.69, 9.17) is 5.11 Å². The molecule has 92 valence electrons. The zero-order valence-corrected chi connectivity index (χ0v) is 9.50. The molecule has 0 unspecified atom stereocenters. The van der Waals surface area contributed by atoms with Crippen molar-refractivity contribution in [3.63, 3.8) is 0 Å². The van der Waals surface area contributed by atoms with Crippen LogP contribution >= 0.6 is 0 Å². The lowest BCUT2D eigenvalue weighted by Crippen LogP contribution is -2.01. The average molecular weight is 244 g/mol. The minimum atomic E-state index is -0.930. The van der Waals surface area contributed by atoms with Crippen LogP contribution in [0.2, 0.25) is 0 Å². The Labute approximate surface area is 104 Å². The molecule has 0 aliphatic heterocycles. The Morgan fingerprint density at radius 3 is 2.39 bits per heavy atom. The summed E-state index contributed by atoms with van der Waals surface area (Å²) in [7, 11) is 0. The zero-order valence-electron chi connectivity index (χ0n) is 9.50. The van der Waals surface area contributed by atoms with E-state index >= 15 is 0 Å². The smallest absolute Gasteiger partial charge is 0.307 e. The summed E-state index contributed by atoms with van der Waals surface area (Å²) in [6.45, 7) is 0. The molecule has 4 nitrogen and oxygen atoms in total. The molecule has 0 spiro atoms. The number of hydrogen-bond donors (Lipinski definition) is 3. The van der Waals surface area contributed by atoms with E-state index < -0.39 is 5.97 Å². The van der Waals surface area contributed by atoms with Crippen molar-refractivity contribution in [1.29, 1.82) is 0 Å². The number of benzene rings is 2. The van der Waals surface area contributed by atoms with Gasteiger partial charge >= 0.3 is 5.97 Å². The molecule has 0 aromatic heterocycles. The van der Waals surface area contributed by atoms with Crippen molar-refractivity contribution in [2.45, 2.75) is 6.42 Å². The van der Waals surface area contributed by atoms with E-state index in [1.54, 1.807) is 30.3 Å². The van der Waals surface area contributed by atoms with Gasteiger partial charge in [-0.1, -0.05) is 24.3 Å². The van der Waals surface area contributed by atoms with Gasteiger partial charge in [-0.25, -0.2) is 0 Å². The largest absolute Gasteiger partial charge is 0.508 e. The van der Waals surface area contributed by atoms with Gasteiger partial charge in [0.1, 0.15) is 11.5 Å². The van der Waals surface area contributed by atoms with Crippen LogP contribution in [0.1, 0.15) is 5.56 Å². The Hall–Kier alpha value is -2.49. The predicted octanol–water partition coefficient (Wildman–Crippen LogP) is 2.39. The highest BCUT2D eigenvalue weighted by atomic mass is 16.4. The second-order valence-electron chi connectivity index (χ2n) is 3.93. The maximum Gasteiger partial charge on any atom is 0.307 e. The third-order valence-corrected chi connectivity index (χ3v) is 2.63. The van der Waals surface area contributed by atoms with E-state index in [9.17, 15) is 15.0 Å². The summed E-state index contributed by atoms with van der Waals surface area (Å²) in [5.74, 6) is -1.04. The van der Waals surface area contributed by atoms with E-state index in [1.165, 1.54) is 12.1 Å². The van der Waals surface area contributed by atoms with Crippen LogP contribution in [0.15, 0.2) is 42.5 Å². The first-order valence-corrected chi connectivity index (χ1v) is 5.40. The summed E-state index contributed by atoms with van der Waals surface area (Å²) in [6, 6.07) is 11.2. The summed E-state index contributed by atoms with van der Waals surface area (Å²) >= 11 is 0. The number of carboxylic acids is 1. The standard InChI is InChI=1S/C14H12O4/c15-10-5-6-12(13(16)8-10)11-4-2-1-3-9(11)7-14(17)18/h1-6,8,15-16H,7H2,(H,17,18). The number of aliphatic carboxylic acids is 1. The number of carbonyl (C=O) groups is 1. The van der Waals surface area contributed by atoms with Crippen molar-refractivity contribution in [3.05, 3.63) is 48.0 Å². The van der Waals surface area contributed by atoms with Crippen molar-refractivity contribution in [2.75, 3.05) is 0 Å². The first-order chi connectivity index (χ1) is 8.58. The fourth-order valence-corrected chi connectivity index (χ4v) is 1.85. The predicted molar refractivity (Wildman–Crippen MR) is 66.5 cm³/mol. The summed E-state index contributed by atoms with van der Waals surface area (Å²) in [5.41, 5.74) is 1.77. The molecule has 2 aromatic carbocycles. The van der Waals surface area contributed by atoms with E-state index in [-0.39, 0.29) is 17.9 Å². The second-order valence-corrected chi connectivity index (χ2v) is 3.93. The van der Waals surface area contributed by atoms with Crippen LogP contribution < -0.4 is 0 Å². The molecule has 0 bridgehead atoms. The van der Waals surface area contributed by atoms with Crippen LogP contribution in [0, 0.1) is 0 Å². The monoisotopic (exact) mass is 244 g/mol. The topological polar surface area (TPSA) is 77.8 Å². The number of phenols is 2. The van der Waals surface area contributed by atoms with Crippen LogP contribution in [0.25, 0.3) is 11.1 Å². The summed E-state index contributed by atoms with van der Waals surface area (Å²) in [4.78, 5) is 10.8. The third-order valence-electron chi connectivity index (χ3n) is 2.63. The van der Waals surface area contributed by atoms with Crippen LogP contribution in [0.3, 0.4) is 0 Å². The quantitative estimate of drug-likeness (QED) is 0.774. The maximum absolute atomic E-state index is 10.8. The van der Waals surface area contributed by atoms with Crippen LogP contribution in [0.4, 0.5) is 0 Å². The Balaban J connectivity index is 2.53. The zero-order chi connectivity index (χ0) is 13.1. The van der Waals surface area contributed by atoms with Gasteiger partial charge in [0.15, 0.2) is 0 Å². The van der Waals surface area contributed by atoms with Crippen LogP contribution in [0.5, 0.6) is 11.5 Å². The minimum absolute atomic E-state index is 0.0352. The SMILES string of the molecule is O=C(O)Cc1ccccc1-c1ccc(O)cc1O. The Morgan fingerprint density at radius 1 is 1.00 bits per heavy atom. The van der Waals surface area contributed by atoms with Crippen molar-refractivity contribution in [3.8, 4) is 22.6 Å². The Morgan fingerprint density at radius 2 is 1.72 bits per heavy atom. The van der Waals surface area contributed by atoms with Gasteiger partial charge in [0.25, 0.3) is 0 Å². The molecule has 0 radical (unpaired) electrons. The molecule has 4 heteroatoms. The molecule has 0 aliphatic rings. The van der Waals surface area contributed by atoms with Gasteiger partial charge in [-0.3, -0.25) is 4.79 Å². The number of rotatable bonds is 3. The molecular weight excluding hydrogens is 232 g/mol. The molecule has 0 fully saturated rings. The molecule has 2 aromatic rings. The van der Waals surface area contributed by atoms with Crippen molar-refractivity contribution in [2.24, 2.45) is 0 Å². The highest BCUT2D eigenvalue weighted by Crippen LogP contribution is 2.34. The van der Waals surface area contributed by atoms with Crippen LogP contribution in [-0.4, -0.2) is 21.3 Å². The molecule has 0 aliphatic carbocycles. The summed E-state index contributed by atoms with van der Waals surface area (Å²) < 4.78 is 0. The van der Waals surface area contributed by atoms with Gasteiger partial charge in [-0.05, 0) is 23.3 Å². The molecule has 0 saturated carbocycles. The highest BCUT2D eigenvalue weighted by Gasteiger charge is 2.11. The van der Waals surface area contributed by atoms with Gasteiger partial charge in [0.05, 0.1) is 6.42 Å². The number of aromatic hydroxyl groups is 2. The Kier molecular flexibility index (Phi) is 3.19. The highest BCUT2D eigenvalue weighted by molar-refractivity contribution is 5.79. The lowest BCUT2D eigenvalue weighted by molar-refractivity contribution is -0.136. The van der Waals surface area contributed by atoms with Gasteiger partial charge in [-0.15, -0.1) is 0 Å². The first-order valence-electron chi connectivity index (χ1n) is 5.40. The van der Waals surface area contributed by atoms with E-state index in [0.29, 0.717) is 16.7 Å². The van der Waals surface area contributed by atoms with Crippen LogP contribution in [-0.2, 0) is 11.2 Å². The second kappa shape index (κ2) is 4.79. The molecule has 2 rings (SSSR count). The normalized spacial score (nSPS) is 10.2. The third kappa shape index (κ3) is 2.43. The number of hydrogen-bond acceptors (Lipinski definition) is 3. The van der Waals surface area contributed by atoms with Crippen molar-refractivity contribution in [1.82, 2.24) is 0 Å². The molecule has 0 atom stereocenters. The van der Waals surface area contributed by atoms with Gasteiger partial charge in [0, 0.05) is 11.6 Å². The molecule has 0 amide bonds. The lowest BCUT2D eigenvalue weighted by Gasteiger charge is -2.09. The fourth-order valence-electron chi connectivity index (χ4n) is 1.85. The van der Waals surface area contributed by atoms with Crippen molar-refractivity contribution >= 4 is 5.97 Å². The van der Waals surface area contributed by atoms with E-state index in [0.717, 1.165) is 0 Å². The summed E-state index contributed by atoms with van der Waals surface area (Å²) in [6.07, 6.45) is -0.115. The first kappa shape index (κ1) is 12.0. The molecular formula is C14H12O4. The summed E-state index contributed by atoms with van der Waals surface area (Å²) in [5, 5.41) is 27.9. The Bertz CT molecular complexity index is 590. The van der Waals surface area contributed by atoms with Gasteiger partial charge in [0.2, 0.25) is 0 Å². The average Bonchev–Trinajstić information content (AvgIpc) is 2.30. The maximum atomic E-state index is 10.8. The fraction of sp³-hybridized carbons (Fsp3) is 0.0714. The van der Waals surface area contributed by atoms with E-state index in [2.05, 4.69) is 0 Å². The van der Waals surface area contributed by atoms with Gasteiger partial charge < -0.3 is 15.3 Å². The molecule has 18 heavy (non-hydrogen) atoms. The molecule has 0 heterocycles. The van der Waals surface area contributed by atoms with Gasteiger partial charge in [-0.2, -0.15) is 0 Å².